The molecule has 0 bridgehead atoms. The normalized spacial score (nSPS) is 9.53. The molecule has 80 valence electrons. The van der Waals surface area contributed by atoms with Gasteiger partial charge >= 0.3 is 0 Å². The second-order valence-corrected chi connectivity index (χ2v) is 3.60. The quantitative estimate of drug-likeness (QED) is 0.799. The number of nitrogens with zero attached hydrogens (tertiary/aromatic N) is 2. The molecule has 0 aliphatic rings. The molecule has 1 heterocycles. The third-order valence-electron chi connectivity index (χ3n) is 1.63. The van der Waals surface area contributed by atoms with Crippen molar-refractivity contribution in [2.24, 2.45) is 0 Å². The fourth-order valence-electron chi connectivity index (χ4n) is 0.868. The SMILES string of the molecule is CC(C)=CCNC(=O)c1cnc(Cl)cn1. The monoisotopic (exact) mass is 225 g/mol. The van der Waals surface area contributed by atoms with Crippen LogP contribution in [0.3, 0.4) is 0 Å². The Labute approximate surface area is 93.4 Å². The number of carbonyl (C=O) groups excluding carboxylic acids is 1. The van der Waals surface area contributed by atoms with Crippen molar-refractivity contribution in [3.05, 3.63) is 34.9 Å². The molecule has 4 nitrogen and oxygen atoms in total. The fourth-order valence-corrected chi connectivity index (χ4v) is 0.966. The minimum absolute atomic E-state index is 0.253. The number of aromatic nitrogens is 2. The van der Waals surface area contributed by atoms with E-state index in [2.05, 4.69) is 15.3 Å². The van der Waals surface area contributed by atoms with E-state index in [1.54, 1.807) is 0 Å². The average molecular weight is 226 g/mol. The van der Waals surface area contributed by atoms with E-state index in [-0.39, 0.29) is 16.8 Å². The number of rotatable bonds is 3. The molecule has 0 fully saturated rings. The summed E-state index contributed by atoms with van der Waals surface area (Å²) >= 11 is 5.55. The molecule has 0 unspecified atom stereocenters. The van der Waals surface area contributed by atoms with Gasteiger partial charge in [-0.3, -0.25) is 4.79 Å². The molecule has 15 heavy (non-hydrogen) atoms. The lowest BCUT2D eigenvalue weighted by atomic mass is 10.3. The first kappa shape index (κ1) is 11.7. The highest BCUT2D eigenvalue weighted by atomic mass is 35.5. The zero-order valence-electron chi connectivity index (χ0n) is 8.62. The van der Waals surface area contributed by atoms with Crippen LogP contribution in [-0.4, -0.2) is 22.4 Å². The van der Waals surface area contributed by atoms with Crippen molar-refractivity contribution >= 4 is 17.5 Å². The molecular weight excluding hydrogens is 214 g/mol. The second-order valence-electron chi connectivity index (χ2n) is 3.22. The van der Waals surface area contributed by atoms with Crippen molar-refractivity contribution in [3.8, 4) is 0 Å². The van der Waals surface area contributed by atoms with Gasteiger partial charge in [0.05, 0.1) is 12.4 Å². The number of allylic oxidation sites excluding steroid dienone is 1. The lowest BCUT2D eigenvalue weighted by molar-refractivity contribution is 0.0952. The Bertz CT molecular complexity index is 369. The first-order valence-electron chi connectivity index (χ1n) is 4.48. The van der Waals surface area contributed by atoms with Crippen molar-refractivity contribution in [3.63, 3.8) is 0 Å². The summed E-state index contributed by atoms with van der Waals surface area (Å²) in [5.41, 5.74) is 1.42. The summed E-state index contributed by atoms with van der Waals surface area (Å²) in [6.07, 6.45) is 4.61. The molecule has 1 aromatic rings. The average Bonchev–Trinajstić information content (AvgIpc) is 2.18. The van der Waals surface area contributed by atoms with Gasteiger partial charge in [-0.25, -0.2) is 9.97 Å². The lowest BCUT2D eigenvalue weighted by Gasteiger charge is -2.01. The van der Waals surface area contributed by atoms with Gasteiger partial charge in [0.2, 0.25) is 0 Å². The van der Waals surface area contributed by atoms with Crippen LogP contribution >= 0.6 is 11.6 Å². The molecule has 0 saturated carbocycles. The maximum atomic E-state index is 11.5. The van der Waals surface area contributed by atoms with E-state index in [1.807, 2.05) is 19.9 Å². The maximum Gasteiger partial charge on any atom is 0.271 e. The lowest BCUT2D eigenvalue weighted by Crippen LogP contribution is -2.24. The van der Waals surface area contributed by atoms with Crippen molar-refractivity contribution in [1.82, 2.24) is 15.3 Å². The number of halogens is 1. The van der Waals surface area contributed by atoms with Gasteiger partial charge in [0.1, 0.15) is 10.8 Å². The molecule has 0 atom stereocenters. The van der Waals surface area contributed by atoms with E-state index in [9.17, 15) is 4.79 Å². The first-order chi connectivity index (χ1) is 7.09. The van der Waals surface area contributed by atoms with Gasteiger partial charge in [-0.2, -0.15) is 0 Å². The third kappa shape index (κ3) is 4.08. The van der Waals surface area contributed by atoms with E-state index < -0.39 is 0 Å². The van der Waals surface area contributed by atoms with E-state index in [4.69, 9.17) is 11.6 Å². The summed E-state index contributed by atoms with van der Waals surface area (Å²) < 4.78 is 0. The van der Waals surface area contributed by atoms with Crippen LogP contribution < -0.4 is 5.32 Å². The number of amides is 1. The second kappa shape index (κ2) is 5.46. The Kier molecular flexibility index (Phi) is 4.24. The van der Waals surface area contributed by atoms with Crippen LogP contribution in [0, 0.1) is 0 Å². The summed E-state index contributed by atoms with van der Waals surface area (Å²) in [7, 11) is 0. The Morgan fingerprint density at radius 2 is 2.20 bits per heavy atom. The molecule has 5 heteroatoms. The number of carbonyl (C=O) groups is 1. The van der Waals surface area contributed by atoms with Gasteiger partial charge in [0, 0.05) is 6.54 Å². The molecule has 0 saturated heterocycles. The predicted molar refractivity (Wildman–Crippen MR) is 58.8 cm³/mol. The van der Waals surface area contributed by atoms with E-state index in [0.717, 1.165) is 5.57 Å². The van der Waals surface area contributed by atoms with Crippen LogP contribution in [0.2, 0.25) is 5.15 Å². The van der Waals surface area contributed by atoms with Gasteiger partial charge in [0.25, 0.3) is 5.91 Å². The molecule has 1 rings (SSSR count). The molecule has 0 aliphatic heterocycles. The van der Waals surface area contributed by atoms with Crippen molar-refractivity contribution in [1.29, 1.82) is 0 Å². The van der Waals surface area contributed by atoms with Crippen LogP contribution in [-0.2, 0) is 0 Å². The minimum Gasteiger partial charge on any atom is -0.347 e. The summed E-state index contributed by atoms with van der Waals surface area (Å²) in [4.78, 5) is 19.1. The summed E-state index contributed by atoms with van der Waals surface area (Å²) in [5, 5.41) is 2.96. The minimum atomic E-state index is -0.253. The smallest absolute Gasteiger partial charge is 0.271 e. The van der Waals surface area contributed by atoms with Gasteiger partial charge in [-0.05, 0) is 13.8 Å². The standard InChI is InChI=1S/C10H12ClN3O/c1-7(2)3-4-12-10(15)8-5-14-9(11)6-13-8/h3,5-6H,4H2,1-2H3,(H,12,15). The van der Waals surface area contributed by atoms with E-state index in [0.29, 0.717) is 6.54 Å². The predicted octanol–water partition coefficient (Wildman–Crippen LogP) is 1.83. The molecular formula is C10H12ClN3O. The first-order valence-corrected chi connectivity index (χ1v) is 4.86. The fraction of sp³-hybridized carbons (Fsp3) is 0.300. The largest absolute Gasteiger partial charge is 0.347 e. The highest BCUT2D eigenvalue weighted by Crippen LogP contribution is 2.00. The summed E-state index contributed by atoms with van der Waals surface area (Å²) in [5.74, 6) is -0.253. The van der Waals surface area contributed by atoms with Gasteiger partial charge in [0.15, 0.2) is 0 Å². The van der Waals surface area contributed by atoms with Crippen molar-refractivity contribution in [2.45, 2.75) is 13.8 Å². The number of hydrogen-bond donors (Lipinski definition) is 1. The van der Waals surface area contributed by atoms with Gasteiger partial charge < -0.3 is 5.32 Å². The Morgan fingerprint density at radius 3 is 2.73 bits per heavy atom. The zero-order chi connectivity index (χ0) is 11.3. The molecule has 0 radical (unpaired) electrons. The number of nitrogens with one attached hydrogen (secondary N) is 1. The van der Waals surface area contributed by atoms with E-state index >= 15 is 0 Å². The van der Waals surface area contributed by atoms with Crippen LogP contribution in [0.4, 0.5) is 0 Å². The topological polar surface area (TPSA) is 54.9 Å². The van der Waals surface area contributed by atoms with Crippen LogP contribution in [0.15, 0.2) is 24.0 Å². The third-order valence-corrected chi connectivity index (χ3v) is 1.82. The Hall–Kier alpha value is -1.42. The van der Waals surface area contributed by atoms with Crippen LogP contribution in [0.5, 0.6) is 0 Å². The van der Waals surface area contributed by atoms with Crippen LogP contribution in [0.25, 0.3) is 0 Å². The highest BCUT2D eigenvalue weighted by molar-refractivity contribution is 6.29. The molecule has 0 spiro atoms. The Balaban J connectivity index is 2.54. The molecule has 1 N–H and O–H groups in total. The summed E-state index contributed by atoms with van der Waals surface area (Å²) in [6, 6.07) is 0. The van der Waals surface area contributed by atoms with E-state index in [1.165, 1.54) is 12.4 Å². The summed E-state index contributed by atoms with van der Waals surface area (Å²) in [6.45, 7) is 4.42. The Morgan fingerprint density at radius 1 is 1.47 bits per heavy atom. The van der Waals surface area contributed by atoms with Gasteiger partial charge in [-0.15, -0.1) is 0 Å². The molecule has 0 aliphatic carbocycles. The van der Waals surface area contributed by atoms with Crippen LogP contribution in [0.1, 0.15) is 24.3 Å². The maximum absolute atomic E-state index is 11.5. The van der Waals surface area contributed by atoms with Crippen molar-refractivity contribution in [2.75, 3.05) is 6.54 Å². The van der Waals surface area contributed by atoms with Gasteiger partial charge in [-0.1, -0.05) is 23.3 Å². The molecule has 1 aromatic heterocycles. The highest BCUT2D eigenvalue weighted by Gasteiger charge is 2.05. The zero-order valence-corrected chi connectivity index (χ0v) is 9.38. The number of hydrogen-bond acceptors (Lipinski definition) is 3. The molecule has 1 amide bonds. The molecule has 0 aromatic carbocycles. The van der Waals surface area contributed by atoms with Crippen molar-refractivity contribution < 1.29 is 4.79 Å².